The SMILES string of the molecule is C=CC(=O)NCCC/N=C(\C)N(C)C. The minimum Gasteiger partial charge on any atom is -0.367 e. The van der Waals surface area contributed by atoms with Crippen LogP contribution in [0.1, 0.15) is 13.3 Å². The number of carbonyl (C=O) groups excluding carboxylic acids is 1. The summed E-state index contributed by atoms with van der Waals surface area (Å²) in [6.07, 6.45) is 2.12. The van der Waals surface area contributed by atoms with E-state index in [9.17, 15) is 4.79 Å². The maximum atomic E-state index is 10.7. The zero-order chi connectivity index (χ0) is 11.0. The van der Waals surface area contributed by atoms with E-state index in [-0.39, 0.29) is 5.91 Å². The van der Waals surface area contributed by atoms with Crippen molar-refractivity contribution < 1.29 is 4.79 Å². The van der Waals surface area contributed by atoms with Gasteiger partial charge in [-0.2, -0.15) is 0 Å². The average Bonchev–Trinajstić information content (AvgIpc) is 2.16. The van der Waals surface area contributed by atoms with Crippen LogP contribution < -0.4 is 5.32 Å². The molecule has 0 saturated heterocycles. The fourth-order valence-electron chi connectivity index (χ4n) is 0.745. The fourth-order valence-corrected chi connectivity index (χ4v) is 0.745. The second-order valence-corrected chi connectivity index (χ2v) is 3.17. The molecule has 4 nitrogen and oxygen atoms in total. The average molecular weight is 197 g/mol. The Labute approximate surface area is 85.7 Å². The molecule has 0 fully saturated rings. The van der Waals surface area contributed by atoms with Crippen molar-refractivity contribution in [1.29, 1.82) is 0 Å². The Morgan fingerprint density at radius 2 is 2.21 bits per heavy atom. The van der Waals surface area contributed by atoms with Gasteiger partial charge in [-0.1, -0.05) is 6.58 Å². The summed E-state index contributed by atoms with van der Waals surface area (Å²) >= 11 is 0. The first kappa shape index (κ1) is 12.7. The molecular formula is C10H19N3O. The predicted octanol–water partition coefficient (Wildman–Crippen LogP) is 0.659. The van der Waals surface area contributed by atoms with Crippen molar-refractivity contribution in [3.8, 4) is 0 Å². The Bertz CT molecular complexity index is 221. The van der Waals surface area contributed by atoms with E-state index in [0.29, 0.717) is 6.54 Å². The van der Waals surface area contributed by atoms with Crippen LogP contribution in [0.5, 0.6) is 0 Å². The van der Waals surface area contributed by atoms with Gasteiger partial charge in [0.15, 0.2) is 0 Å². The van der Waals surface area contributed by atoms with E-state index in [0.717, 1.165) is 18.8 Å². The molecule has 0 aliphatic heterocycles. The molecule has 0 atom stereocenters. The lowest BCUT2D eigenvalue weighted by Gasteiger charge is -2.10. The van der Waals surface area contributed by atoms with Crippen LogP contribution in [0.2, 0.25) is 0 Å². The highest BCUT2D eigenvalue weighted by molar-refractivity contribution is 5.86. The molecule has 0 heterocycles. The van der Waals surface area contributed by atoms with Crippen LogP contribution in [-0.2, 0) is 4.79 Å². The molecule has 80 valence electrons. The molecule has 0 unspecified atom stereocenters. The second kappa shape index (κ2) is 7.12. The monoisotopic (exact) mass is 197 g/mol. The van der Waals surface area contributed by atoms with Crippen LogP contribution in [0.25, 0.3) is 0 Å². The Morgan fingerprint density at radius 3 is 2.71 bits per heavy atom. The Morgan fingerprint density at radius 1 is 1.57 bits per heavy atom. The molecule has 14 heavy (non-hydrogen) atoms. The van der Waals surface area contributed by atoms with E-state index in [1.807, 2.05) is 25.9 Å². The van der Waals surface area contributed by atoms with Gasteiger partial charge in [0.1, 0.15) is 0 Å². The van der Waals surface area contributed by atoms with E-state index < -0.39 is 0 Å². The number of nitrogens with one attached hydrogen (secondary N) is 1. The van der Waals surface area contributed by atoms with Gasteiger partial charge in [0, 0.05) is 27.2 Å². The van der Waals surface area contributed by atoms with Crippen molar-refractivity contribution in [2.45, 2.75) is 13.3 Å². The predicted molar refractivity (Wildman–Crippen MR) is 59.5 cm³/mol. The van der Waals surface area contributed by atoms with Gasteiger partial charge < -0.3 is 10.2 Å². The van der Waals surface area contributed by atoms with Gasteiger partial charge in [-0.15, -0.1) is 0 Å². The molecule has 1 amide bonds. The topological polar surface area (TPSA) is 44.7 Å². The minimum absolute atomic E-state index is 0.127. The fraction of sp³-hybridized carbons (Fsp3) is 0.600. The summed E-state index contributed by atoms with van der Waals surface area (Å²) in [5.74, 6) is 0.873. The van der Waals surface area contributed by atoms with Crippen molar-refractivity contribution in [2.75, 3.05) is 27.2 Å². The van der Waals surface area contributed by atoms with E-state index in [1.165, 1.54) is 6.08 Å². The van der Waals surface area contributed by atoms with Crippen molar-refractivity contribution in [1.82, 2.24) is 10.2 Å². The summed E-state index contributed by atoms with van der Waals surface area (Å²) in [6, 6.07) is 0. The van der Waals surface area contributed by atoms with Crippen molar-refractivity contribution in [3.05, 3.63) is 12.7 Å². The quantitative estimate of drug-likeness (QED) is 0.304. The van der Waals surface area contributed by atoms with Crippen molar-refractivity contribution in [2.24, 2.45) is 4.99 Å². The molecule has 4 heteroatoms. The number of aliphatic imine (C=N–C) groups is 1. The first-order valence-electron chi connectivity index (χ1n) is 4.66. The van der Waals surface area contributed by atoms with Gasteiger partial charge in [0.2, 0.25) is 5.91 Å². The largest absolute Gasteiger partial charge is 0.367 e. The van der Waals surface area contributed by atoms with E-state index >= 15 is 0 Å². The molecule has 0 spiro atoms. The molecule has 0 aromatic heterocycles. The van der Waals surface area contributed by atoms with Gasteiger partial charge in [-0.3, -0.25) is 9.79 Å². The van der Waals surface area contributed by atoms with Crippen LogP contribution in [-0.4, -0.2) is 43.8 Å². The third-order valence-electron chi connectivity index (χ3n) is 1.81. The smallest absolute Gasteiger partial charge is 0.243 e. The standard InChI is InChI=1S/C10H19N3O/c1-5-10(14)12-8-6-7-11-9(2)13(3)4/h5H,1,6-8H2,2-4H3,(H,12,14)/b11-9+. The Kier molecular flexibility index (Phi) is 6.45. The summed E-state index contributed by atoms with van der Waals surface area (Å²) in [5.41, 5.74) is 0. The van der Waals surface area contributed by atoms with Gasteiger partial charge in [-0.05, 0) is 19.4 Å². The maximum absolute atomic E-state index is 10.7. The first-order valence-corrected chi connectivity index (χ1v) is 4.66. The third-order valence-corrected chi connectivity index (χ3v) is 1.81. The normalized spacial score (nSPS) is 10.9. The molecule has 1 N–H and O–H groups in total. The number of rotatable bonds is 5. The van der Waals surface area contributed by atoms with Crippen LogP contribution in [0.15, 0.2) is 17.6 Å². The lowest BCUT2D eigenvalue weighted by Crippen LogP contribution is -2.23. The van der Waals surface area contributed by atoms with E-state index in [2.05, 4.69) is 16.9 Å². The van der Waals surface area contributed by atoms with Crippen LogP contribution >= 0.6 is 0 Å². The molecule has 0 rings (SSSR count). The third kappa shape index (κ3) is 6.22. The summed E-state index contributed by atoms with van der Waals surface area (Å²) in [7, 11) is 3.91. The highest BCUT2D eigenvalue weighted by Gasteiger charge is 1.93. The lowest BCUT2D eigenvalue weighted by atomic mass is 10.4. The highest BCUT2D eigenvalue weighted by Crippen LogP contribution is 1.85. The summed E-state index contributed by atoms with van der Waals surface area (Å²) in [5, 5.41) is 2.70. The van der Waals surface area contributed by atoms with E-state index in [4.69, 9.17) is 0 Å². The summed E-state index contributed by atoms with van der Waals surface area (Å²) in [6.45, 7) is 6.71. The second-order valence-electron chi connectivity index (χ2n) is 3.17. The van der Waals surface area contributed by atoms with Crippen LogP contribution in [0.4, 0.5) is 0 Å². The Hall–Kier alpha value is -1.32. The van der Waals surface area contributed by atoms with Crippen LogP contribution in [0, 0.1) is 0 Å². The molecule has 0 aromatic carbocycles. The summed E-state index contributed by atoms with van der Waals surface area (Å²) in [4.78, 5) is 17.0. The summed E-state index contributed by atoms with van der Waals surface area (Å²) < 4.78 is 0. The van der Waals surface area contributed by atoms with Gasteiger partial charge in [0.25, 0.3) is 0 Å². The van der Waals surface area contributed by atoms with Crippen molar-refractivity contribution in [3.63, 3.8) is 0 Å². The highest BCUT2D eigenvalue weighted by atomic mass is 16.1. The van der Waals surface area contributed by atoms with Crippen LogP contribution in [0.3, 0.4) is 0 Å². The minimum atomic E-state index is -0.127. The number of hydrogen-bond donors (Lipinski definition) is 1. The zero-order valence-corrected chi connectivity index (χ0v) is 9.21. The van der Waals surface area contributed by atoms with E-state index in [1.54, 1.807) is 0 Å². The maximum Gasteiger partial charge on any atom is 0.243 e. The Balaban J connectivity index is 3.51. The van der Waals surface area contributed by atoms with Crippen molar-refractivity contribution >= 4 is 11.7 Å². The number of carbonyl (C=O) groups is 1. The molecule has 0 aliphatic rings. The zero-order valence-electron chi connectivity index (χ0n) is 9.21. The molecule has 0 aliphatic carbocycles. The number of nitrogens with zero attached hydrogens (tertiary/aromatic N) is 2. The number of hydrogen-bond acceptors (Lipinski definition) is 2. The van der Waals surface area contributed by atoms with Gasteiger partial charge in [-0.25, -0.2) is 0 Å². The molecule has 0 saturated carbocycles. The van der Waals surface area contributed by atoms with Gasteiger partial charge >= 0.3 is 0 Å². The lowest BCUT2D eigenvalue weighted by molar-refractivity contribution is -0.116. The molecule has 0 aromatic rings. The number of amidine groups is 1. The molecular weight excluding hydrogens is 178 g/mol. The molecule has 0 bridgehead atoms. The van der Waals surface area contributed by atoms with Gasteiger partial charge in [0.05, 0.1) is 5.84 Å². The number of amides is 1. The molecule has 0 radical (unpaired) electrons. The first-order chi connectivity index (χ1) is 6.57.